The fraction of sp³-hybridized carbons (Fsp3) is 0.462. The Bertz CT molecular complexity index is 472. The number of nitrogens with one attached hydrogen (secondary N) is 2. The van der Waals surface area contributed by atoms with Crippen LogP contribution in [0.5, 0.6) is 0 Å². The summed E-state index contributed by atoms with van der Waals surface area (Å²) < 4.78 is 0. The first-order valence-corrected chi connectivity index (χ1v) is 6.24. The minimum Gasteiger partial charge on any atom is -0.325 e. The van der Waals surface area contributed by atoms with Gasteiger partial charge in [-0.3, -0.25) is 14.9 Å². The molecule has 1 aromatic carbocycles. The fourth-order valence-electron chi connectivity index (χ4n) is 1.61. The van der Waals surface area contributed by atoms with Crippen molar-refractivity contribution in [3.8, 4) is 0 Å². The van der Waals surface area contributed by atoms with Crippen molar-refractivity contribution in [2.45, 2.75) is 33.2 Å². The lowest BCUT2D eigenvalue weighted by atomic mass is 10.1. The number of aryl methyl sites for hydroxylation is 1. The third-order valence-corrected chi connectivity index (χ3v) is 2.62. The second-order valence-corrected chi connectivity index (χ2v) is 4.54. The van der Waals surface area contributed by atoms with E-state index in [1.54, 1.807) is 12.1 Å². The Kier molecular flexibility index (Phi) is 5.44. The first-order chi connectivity index (χ1) is 8.93. The first-order valence-electron chi connectivity index (χ1n) is 6.24. The molecule has 0 aliphatic rings. The van der Waals surface area contributed by atoms with Gasteiger partial charge in [0.15, 0.2) is 0 Å². The molecular formula is C13H19N3O3. The highest BCUT2D eigenvalue weighted by Crippen LogP contribution is 2.23. The Labute approximate surface area is 112 Å². The van der Waals surface area contributed by atoms with Gasteiger partial charge in [0, 0.05) is 23.4 Å². The van der Waals surface area contributed by atoms with Gasteiger partial charge >= 0.3 is 0 Å². The molecule has 0 saturated heterocycles. The molecule has 1 aromatic rings. The van der Waals surface area contributed by atoms with E-state index in [4.69, 9.17) is 0 Å². The van der Waals surface area contributed by atoms with Crippen LogP contribution in [0.1, 0.15) is 26.3 Å². The van der Waals surface area contributed by atoms with Gasteiger partial charge in [0.2, 0.25) is 5.91 Å². The Morgan fingerprint density at radius 2 is 2.11 bits per heavy atom. The van der Waals surface area contributed by atoms with E-state index in [0.29, 0.717) is 17.7 Å². The molecule has 0 radical (unpaired) electrons. The summed E-state index contributed by atoms with van der Waals surface area (Å²) in [5.41, 5.74) is 1.14. The number of anilines is 1. The largest absolute Gasteiger partial charge is 0.325 e. The maximum absolute atomic E-state index is 11.6. The molecule has 0 bridgehead atoms. The first kappa shape index (κ1) is 15.1. The fourth-order valence-corrected chi connectivity index (χ4v) is 1.61. The predicted octanol–water partition coefficient (Wildman–Crippen LogP) is 2.09. The summed E-state index contributed by atoms with van der Waals surface area (Å²) in [5.74, 6) is -0.216. The van der Waals surface area contributed by atoms with Crippen LogP contribution in [0.2, 0.25) is 0 Å². The molecule has 0 aromatic heterocycles. The molecule has 0 atom stereocenters. The lowest BCUT2D eigenvalue weighted by molar-refractivity contribution is -0.385. The molecule has 6 nitrogen and oxygen atoms in total. The summed E-state index contributed by atoms with van der Waals surface area (Å²) >= 11 is 0. The lowest BCUT2D eigenvalue weighted by Crippen LogP contribution is -2.32. The molecule has 0 saturated carbocycles. The number of benzene rings is 1. The number of rotatable bonds is 6. The van der Waals surface area contributed by atoms with Crippen LogP contribution in [0, 0.1) is 10.1 Å². The number of nitrogens with zero attached hydrogens (tertiary/aromatic N) is 1. The zero-order valence-electron chi connectivity index (χ0n) is 11.4. The van der Waals surface area contributed by atoms with Crippen LogP contribution >= 0.6 is 0 Å². The highest BCUT2D eigenvalue weighted by molar-refractivity contribution is 5.92. The van der Waals surface area contributed by atoms with Gasteiger partial charge in [-0.15, -0.1) is 0 Å². The van der Waals surface area contributed by atoms with Crippen LogP contribution in [-0.4, -0.2) is 23.4 Å². The zero-order chi connectivity index (χ0) is 14.4. The highest BCUT2D eigenvalue weighted by Gasteiger charge is 2.14. The van der Waals surface area contributed by atoms with E-state index < -0.39 is 4.92 Å². The maximum Gasteiger partial charge on any atom is 0.274 e. The van der Waals surface area contributed by atoms with Crippen molar-refractivity contribution in [3.05, 3.63) is 33.9 Å². The molecule has 6 heteroatoms. The van der Waals surface area contributed by atoms with Crippen molar-refractivity contribution in [1.82, 2.24) is 5.32 Å². The van der Waals surface area contributed by atoms with Gasteiger partial charge < -0.3 is 10.6 Å². The van der Waals surface area contributed by atoms with E-state index in [-0.39, 0.29) is 24.2 Å². The minimum atomic E-state index is -0.430. The summed E-state index contributed by atoms with van der Waals surface area (Å²) in [5, 5.41) is 16.5. The van der Waals surface area contributed by atoms with E-state index in [1.807, 2.05) is 20.8 Å². The Morgan fingerprint density at radius 3 is 2.63 bits per heavy atom. The third-order valence-electron chi connectivity index (χ3n) is 2.62. The monoisotopic (exact) mass is 265 g/mol. The predicted molar refractivity (Wildman–Crippen MR) is 74.2 cm³/mol. The Morgan fingerprint density at radius 1 is 1.42 bits per heavy atom. The van der Waals surface area contributed by atoms with Gasteiger partial charge in [0.05, 0.1) is 11.5 Å². The van der Waals surface area contributed by atoms with E-state index >= 15 is 0 Å². The van der Waals surface area contributed by atoms with E-state index in [9.17, 15) is 14.9 Å². The molecule has 0 heterocycles. The summed E-state index contributed by atoms with van der Waals surface area (Å²) in [6.45, 7) is 5.91. The molecule has 0 aliphatic heterocycles. The standard InChI is InChI=1S/C13H19N3O3/c1-4-10-5-6-11(7-12(10)16(18)19)15-13(17)8-14-9(2)3/h5-7,9,14H,4,8H2,1-3H3,(H,15,17). The lowest BCUT2D eigenvalue weighted by Gasteiger charge is -2.09. The Balaban J connectivity index is 2.77. The number of carbonyl (C=O) groups is 1. The van der Waals surface area contributed by atoms with Crippen molar-refractivity contribution < 1.29 is 9.72 Å². The van der Waals surface area contributed by atoms with Crippen molar-refractivity contribution in [1.29, 1.82) is 0 Å². The van der Waals surface area contributed by atoms with Gasteiger partial charge in [-0.2, -0.15) is 0 Å². The van der Waals surface area contributed by atoms with Gasteiger partial charge in [0.25, 0.3) is 5.69 Å². The maximum atomic E-state index is 11.6. The number of hydrogen-bond donors (Lipinski definition) is 2. The number of hydrogen-bond acceptors (Lipinski definition) is 4. The quantitative estimate of drug-likeness (QED) is 0.609. The van der Waals surface area contributed by atoms with Crippen LogP contribution in [0.3, 0.4) is 0 Å². The average molecular weight is 265 g/mol. The number of nitro groups is 1. The molecular weight excluding hydrogens is 246 g/mol. The summed E-state index contributed by atoms with van der Waals surface area (Å²) in [6.07, 6.45) is 0.583. The molecule has 0 spiro atoms. The zero-order valence-corrected chi connectivity index (χ0v) is 11.4. The molecule has 104 valence electrons. The Hall–Kier alpha value is -1.95. The van der Waals surface area contributed by atoms with Crippen LogP contribution in [0.15, 0.2) is 18.2 Å². The third kappa shape index (κ3) is 4.67. The molecule has 1 rings (SSSR count). The average Bonchev–Trinajstić information content (AvgIpc) is 2.36. The second kappa shape index (κ2) is 6.84. The topological polar surface area (TPSA) is 84.3 Å². The van der Waals surface area contributed by atoms with Crippen molar-refractivity contribution >= 4 is 17.3 Å². The van der Waals surface area contributed by atoms with Crippen LogP contribution in [0.25, 0.3) is 0 Å². The van der Waals surface area contributed by atoms with Crippen molar-refractivity contribution in [2.24, 2.45) is 0 Å². The van der Waals surface area contributed by atoms with Gasteiger partial charge in [-0.05, 0) is 12.5 Å². The number of nitro benzene ring substituents is 1. The van der Waals surface area contributed by atoms with E-state index in [1.165, 1.54) is 6.07 Å². The van der Waals surface area contributed by atoms with Gasteiger partial charge in [-0.1, -0.05) is 26.8 Å². The SMILES string of the molecule is CCc1ccc(NC(=O)CNC(C)C)cc1[N+](=O)[O-]. The number of amides is 1. The number of carbonyl (C=O) groups excluding carboxylic acids is 1. The molecule has 19 heavy (non-hydrogen) atoms. The summed E-state index contributed by atoms with van der Waals surface area (Å²) in [7, 11) is 0. The molecule has 0 fully saturated rings. The van der Waals surface area contributed by atoms with Crippen molar-refractivity contribution in [2.75, 3.05) is 11.9 Å². The van der Waals surface area contributed by atoms with Crippen molar-refractivity contribution in [3.63, 3.8) is 0 Å². The minimum absolute atomic E-state index is 0.0390. The molecule has 2 N–H and O–H groups in total. The van der Waals surface area contributed by atoms with E-state index in [2.05, 4.69) is 10.6 Å². The van der Waals surface area contributed by atoms with Crippen LogP contribution < -0.4 is 10.6 Å². The van der Waals surface area contributed by atoms with Crippen LogP contribution in [-0.2, 0) is 11.2 Å². The van der Waals surface area contributed by atoms with Crippen LogP contribution in [0.4, 0.5) is 11.4 Å². The van der Waals surface area contributed by atoms with Gasteiger partial charge in [0.1, 0.15) is 0 Å². The molecule has 0 aliphatic carbocycles. The molecule has 1 amide bonds. The smallest absolute Gasteiger partial charge is 0.274 e. The molecule has 0 unspecified atom stereocenters. The highest BCUT2D eigenvalue weighted by atomic mass is 16.6. The summed E-state index contributed by atoms with van der Waals surface area (Å²) in [4.78, 5) is 22.1. The normalized spacial score (nSPS) is 10.5. The summed E-state index contributed by atoms with van der Waals surface area (Å²) in [6, 6.07) is 4.96. The van der Waals surface area contributed by atoms with Gasteiger partial charge in [-0.25, -0.2) is 0 Å². The second-order valence-electron chi connectivity index (χ2n) is 4.54. The van der Waals surface area contributed by atoms with E-state index in [0.717, 1.165) is 0 Å².